The first kappa shape index (κ1) is 24.7. The summed E-state index contributed by atoms with van der Waals surface area (Å²) >= 11 is 0. The lowest BCUT2D eigenvalue weighted by Gasteiger charge is -2.35. The summed E-state index contributed by atoms with van der Waals surface area (Å²) in [6.07, 6.45) is 10.6. The molecular formula is C28H35FN4O3. The minimum atomic E-state index is -0.452. The average molecular weight is 495 g/mol. The molecule has 5 rings (SSSR count). The zero-order chi connectivity index (χ0) is 25.1. The number of rotatable bonds is 5. The highest BCUT2D eigenvalue weighted by Gasteiger charge is 2.29. The van der Waals surface area contributed by atoms with Gasteiger partial charge in [0.25, 0.3) is 11.8 Å². The molecule has 1 aliphatic carbocycles. The molecule has 0 atom stereocenters. The molecule has 3 aliphatic rings. The third-order valence-electron chi connectivity index (χ3n) is 7.85. The number of carbonyl (C=O) groups is 2. The fourth-order valence-electron chi connectivity index (χ4n) is 5.76. The van der Waals surface area contributed by atoms with Crippen LogP contribution < -0.4 is 5.43 Å². The van der Waals surface area contributed by atoms with Gasteiger partial charge in [0.1, 0.15) is 16.9 Å². The summed E-state index contributed by atoms with van der Waals surface area (Å²) < 4.78 is 15.5. The van der Waals surface area contributed by atoms with Gasteiger partial charge >= 0.3 is 0 Å². The second-order valence-corrected chi connectivity index (χ2v) is 10.4. The zero-order valence-corrected chi connectivity index (χ0v) is 20.8. The number of aromatic nitrogens is 1. The average Bonchev–Trinajstić information content (AvgIpc) is 3.44. The van der Waals surface area contributed by atoms with Crippen LogP contribution in [-0.4, -0.2) is 70.3 Å². The van der Waals surface area contributed by atoms with Gasteiger partial charge < -0.3 is 14.4 Å². The first-order chi connectivity index (χ1) is 17.5. The number of likely N-dealkylation sites (tertiary alicyclic amines) is 1. The molecule has 192 valence electrons. The molecule has 2 saturated heterocycles. The van der Waals surface area contributed by atoms with Crippen molar-refractivity contribution >= 4 is 11.8 Å². The Morgan fingerprint density at radius 3 is 2.03 bits per heavy atom. The number of hydrogen-bond acceptors (Lipinski definition) is 4. The van der Waals surface area contributed by atoms with Crippen LogP contribution in [0.4, 0.5) is 4.39 Å². The van der Waals surface area contributed by atoms with Gasteiger partial charge in [-0.15, -0.1) is 0 Å². The van der Waals surface area contributed by atoms with E-state index >= 15 is 0 Å². The fourth-order valence-corrected chi connectivity index (χ4v) is 5.76. The quantitative estimate of drug-likeness (QED) is 0.636. The summed E-state index contributed by atoms with van der Waals surface area (Å²) in [5.74, 6) is -0.801. The van der Waals surface area contributed by atoms with Gasteiger partial charge in [-0.1, -0.05) is 25.0 Å². The molecule has 7 nitrogen and oxygen atoms in total. The number of halogens is 1. The van der Waals surface area contributed by atoms with Gasteiger partial charge in [0.15, 0.2) is 0 Å². The van der Waals surface area contributed by atoms with Crippen LogP contribution in [0.2, 0.25) is 0 Å². The van der Waals surface area contributed by atoms with Crippen LogP contribution in [-0.2, 0) is 6.54 Å². The molecule has 3 fully saturated rings. The van der Waals surface area contributed by atoms with Gasteiger partial charge in [-0.25, -0.2) is 4.39 Å². The van der Waals surface area contributed by atoms with Crippen molar-refractivity contribution in [1.82, 2.24) is 19.3 Å². The molecule has 1 aromatic carbocycles. The first-order valence-electron chi connectivity index (χ1n) is 13.3. The molecule has 1 saturated carbocycles. The van der Waals surface area contributed by atoms with E-state index in [2.05, 4.69) is 4.90 Å². The number of piperidine rings is 1. The van der Waals surface area contributed by atoms with Crippen LogP contribution >= 0.6 is 0 Å². The van der Waals surface area contributed by atoms with Crippen LogP contribution in [0.5, 0.6) is 0 Å². The van der Waals surface area contributed by atoms with Crippen molar-refractivity contribution < 1.29 is 14.0 Å². The number of hydrogen-bond donors (Lipinski definition) is 0. The van der Waals surface area contributed by atoms with Crippen molar-refractivity contribution in [2.75, 3.05) is 39.3 Å². The monoisotopic (exact) mass is 494 g/mol. The number of pyridine rings is 1. The Morgan fingerprint density at radius 1 is 0.806 bits per heavy atom. The molecule has 0 bridgehead atoms. The van der Waals surface area contributed by atoms with Crippen molar-refractivity contribution in [1.29, 1.82) is 0 Å². The Kier molecular flexibility index (Phi) is 7.51. The Balaban J connectivity index is 1.35. The van der Waals surface area contributed by atoms with Crippen LogP contribution in [0.1, 0.15) is 77.3 Å². The minimum absolute atomic E-state index is 0.100. The van der Waals surface area contributed by atoms with Gasteiger partial charge in [-0.05, 0) is 49.8 Å². The van der Waals surface area contributed by atoms with E-state index in [9.17, 15) is 18.8 Å². The smallest absolute Gasteiger partial charge is 0.259 e. The van der Waals surface area contributed by atoms with Crippen LogP contribution in [0, 0.1) is 5.82 Å². The zero-order valence-electron chi connectivity index (χ0n) is 20.8. The Labute approximate surface area is 211 Å². The van der Waals surface area contributed by atoms with Crippen LogP contribution in [0.25, 0.3) is 0 Å². The standard InChI is InChI=1S/C28H35FN4O3/c29-22-8-6-7-21(17-22)18-30-13-15-32(16-14-30)28(36)25-20-33(23-9-2-3-10-23)19-24(26(25)34)27(35)31-11-4-1-5-12-31/h6-8,17,19-20,23H,1-5,9-16,18H2. The highest BCUT2D eigenvalue weighted by Crippen LogP contribution is 2.29. The summed E-state index contributed by atoms with van der Waals surface area (Å²) in [5.41, 5.74) is 0.674. The number of benzene rings is 1. The van der Waals surface area contributed by atoms with Crippen LogP contribution in [0.15, 0.2) is 41.5 Å². The van der Waals surface area contributed by atoms with Gasteiger partial charge in [0, 0.05) is 64.2 Å². The SMILES string of the molecule is O=C(c1cn(C2CCCC2)cc(C(=O)N2CCN(Cc3cccc(F)c3)CC2)c1=O)N1CCCCC1. The van der Waals surface area contributed by atoms with Crippen molar-refractivity contribution in [2.24, 2.45) is 0 Å². The van der Waals surface area contributed by atoms with Gasteiger partial charge in [0.05, 0.1) is 0 Å². The summed E-state index contributed by atoms with van der Waals surface area (Å²) in [4.78, 5) is 46.1. The highest BCUT2D eigenvalue weighted by molar-refractivity contribution is 5.99. The topological polar surface area (TPSA) is 65.9 Å². The molecular weight excluding hydrogens is 459 g/mol. The van der Waals surface area contributed by atoms with Gasteiger partial charge in [-0.2, -0.15) is 0 Å². The van der Waals surface area contributed by atoms with Crippen molar-refractivity contribution in [3.8, 4) is 0 Å². The maximum absolute atomic E-state index is 13.6. The van der Waals surface area contributed by atoms with Crippen LogP contribution in [0.3, 0.4) is 0 Å². The molecule has 2 aromatic rings. The van der Waals surface area contributed by atoms with E-state index in [0.717, 1.165) is 50.5 Å². The van der Waals surface area contributed by atoms with E-state index in [-0.39, 0.29) is 34.8 Å². The first-order valence-corrected chi connectivity index (χ1v) is 13.3. The molecule has 3 heterocycles. The minimum Gasteiger partial charge on any atom is -0.349 e. The van der Waals surface area contributed by atoms with E-state index in [1.165, 1.54) is 12.1 Å². The van der Waals surface area contributed by atoms with Gasteiger partial charge in [0.2, 0.25) is 5.43 Å². The number of amides is 2. The Hall–Kier alpha value is -3.00. The second kappa shape index (κ2) is 10.9. The van der Waals surface area contributed by atoms with E-state index in [1.54, 1.807) is 28.3 Å². The summed E-state index contributed by atoms with van der Waals surface area (Å²) in [7, 11) is 0. The molecule has 2 aliphatic heterocycles. The van der Waals surface area contributed by atoms with E-state index in [0.29, 0.717) is 45.8 Å². The second-order valence-electron chi connectivity index (χ2n) is 10.4. The molecule has 36 heavy (non-hydrogen) atoms. The predicted molar refractivity (Wildman–Crippen MR) is 136 cm³/mol. The maximum atomic E-state index is 13.6. The van der Waals surface area contributed by atoms with Crippen molar-refractivity contribution in [3.63, 3.8) is 0 Å². The van der Waals surface area contributed by atoms with Crippen molar-refractivity contribution in [3.05, 3.63) is 69.4 Å². The number of nitrogens with zero attached hydrogens (tertiary/aromatic N) is 4. The third kappa shape index (κ3) is 5.38. The van der Waals surface area contributed by atoms with E-state index in [1.807, 2.05) is 10.6 Å². The largest absolute Gasteiger partial charge is 0.349 e. The highest BCUT2D eigenvalue weighted by atomic mass is 19.1. The Morgan fingerprint density at radius 2 is 1.42 bits per heavy atom. The van der Waals surface area contributed by atoms with Gasteiger partial charge in [-0.3, -0.25) is 19.3 Å². The van der Waals surface area contributed by atoms with E-state index < -0.39 is 5.43 Å². The lowest BCUT2D eigenvalue weighted by molar-refractivity contribution is 0.0626. The molecule has 2 amide bonds. The molecule has 0 N–H and O–H groups in total. The van der Waals surface area contributed by atoms with E-state index in [4.69, 9.17) is 0 Å². The molecule has 0 radical (unpaired) electrons. The van der Waals surface area contributed by atoms with Crippen molar-refractivity contribution in [2.45, 2.75) is 57.5 Å². The summed E-state index contributed by atoms with van der Waals surface area (Å²) in [6.45, 7) is 4.20. The summed E-state index contributed by atoms with van der Waals surface area (Å²) in [6, 6.07) is 6.79. The predicted octanol–water partition coefficient (Wildman–Crippen LogP) is 3.69. The summed E-state index contributed by atoms with van der Waals surface area (Å²) in [5, 5.41) is 0. The molecule has 0 unspecified atom stereocenters. The lowest BCUT2D eigenvalue weighted by atomic mass is 10.1. The Bertz CT molecular complexity index is 1160. The normalized spacial score (nSPS) is 19.6. The molecule has 8 heteroatoms. The number of piperazine rings is 1. The maximum Gasteiger partial charge on any atom is 0.259 e. The molecule has 0 spiro atoms. The lowest BCUT2D eigenvalue weighted by Crippen LogP contribution is -2.49. The fraction of sp³-hybridized carbons (Fsp3) is 0.536. The number of carbonyl (C=O) groups excluding carboxylic acids is 2. The third-order valence-corrected chi connectivity index (χ3v) is 7.85. The molecule has 1 aromatic heterocycles.